The molecule has 0 aliphatic rings. The number of halogens is 1. The van der Waals surface area contributed by atoms with Gasteiger partial charge in [-0.05, 0) is 34.8 Å². The van der Waals surface area contributed by atoms with Gasteiger partial charge < -0.3 is 0 Å². The number of benzene rings is 1. The highest BCUT2D eigenvalue weighted by Crippen LogP contribution is 2.17. The van der Waals surface area contributed by atoms with Crippen molar-refractivity contribution in [3.05, 3.63) is 44.3 Å². The Labute approximate surface area is 101 Å². The topological polar surface area (TPSA) is 25.8 Å². The smallest absolute Gasteiger partial charge is 0.143 e. The third-order valence-corrected chi connectivity index (χ3v) is 3.57. The van der Waals surface area contributed by atoms with Crippen LogP contribution < -0.4 is 0 Å². The van der Waals surface area contributed by atoms with Gasteiger partial charge in [0.1, 0.15) is 5.01 Å². The van der Waals surface area contributed by atoms with Crippen LogP contribution in [0.1, 0.15) is 16.1 Å². The van der Waals surface area contributed by atoms with E-state index in [4.69, 9.17) is 0 Å². The minimum absolute atomic E-state index is 0.863. The normalized spacial score (nSPS) is 10.5. The average molecular weight is 283 g/mol. The summed E-state index contributed by atoms with van der Waals surface area (Å²) < 4.78 is 0.863. The highest BCUT2D eigenvalue weighted by atomic mass is 79.9. The van der Waals surface area contributed by atoms with Gasteiger partial charge in [-0.15, -0.1) is 10.2 Å². The lowest BCUT2D eigenvalue weighted by Gasteiger charge is -1.99. The van der Waals surface area contributed by atoms with Crippen molar-refractivity contribution < 1.29 is 0 Å². The first-order chi connectivity index (χ1) is 7.24. The van der Waals surface area contributed by atoms with Crippen LogP contribution in [0.3, 0.4) is 0 Å². The number of nitrogens with zero attached hydrogens (tertiary/aromatic N) is 2. The van der Waals surface area contributed by atoms with E-state index in [2.05, 4.69) is 57.3 Å². The zero-order valence-electron chi connectivity index (χ0n) is 8.40. The highest BCUT2D eigenvalue weighted by molar-refractivity contribution is 9.11. The Morgan fingerprint density at radius 2 is 2.13 bits per heavy atom. The van der Waals surface area contributed by atoms with E-state index in [1.807, 2.05) is 0 Å². The van der Waals surface area contributed by atoms with Crippen LogP contribution in [0.25, 0.3) is 0 Å². The van der Waals surface area contributed by atoms with E-state index >= 15 is 0 Å². The number of hydrogen-bond donors (Lipinski definition) is 0. The minimum atomic E-state index is 0.863. The van der Waals surface area contributed by atoms with Gasteiger partial charge >= 0.3 is 0 Å². The number of rotatable bonds is 3. The standard InChI is InChI=1S/C11H11BrN2S/c1-8-3-2-4-9(7-8)5-6-10-13-14-11(12)15-10/h2-4,7H,5-6H2,1H3. The van der Waals surface area contributed by atoms with E-state index in [1.165, 1.54) is 11.1 Å². The van der Waals surface area contributed by atoms with E-state index in [-0.39, 0.29) is 0 Å². The fraction of sp³-hybridized carbons (Fsp3) is 0.273. The van der Waals surface area contributed by atoms with Gasteiger partial charge in [-0.1, -0.05) is 41.2 Å². The van der Waals surface area contributed by atoms with Crippen LogP contribution in [0, 0.1) is 6.92 Å². The Morgan fingerprint density at radius 1 is 1.27 bits per heavy atom. The van der Waals surface area contributed by atoms with E-state index < -0.39 is 0 Å². The molecule has 78 valence electrons. The molecule has 0 amide bonds. The summed E-state index contributed by atoms with van der Waals surface area (Å²) in [6, 6.07) is 8.59. The fourth-order valence-corrected chi connectivity index (χ4v) is 2.65. The molecule has 0 saturated heterocycles. The lowest BCUT2D eigenvalue weighted by molar-refractivity contribution is 0.900. The van der Waals surface area contributed by atoms with E-state index in [9.17, 15) is 0 Å². The molecule has 0 unspecified atom stereocenters. The molecular formula is C11H11BrN2S. The van der Waals surface area contributed by atoms with Gasteiger partial charge in [-0.25, -0.2) is 0 Å². The maximum Gasteiger partial charge on any atom is 0.183 e. The van der Waals surface area contributed by atoms with Crippen LogP contribution in [0.4, 0.5) is 0 Å². The lowest BCUT2D eigenvalue weighted by Crippen LogP contribution is -1.91. The Morgan fingerprint density at radius 3 is 2.80 bits per heavy atom. The van der Waals surface area contributed by atoms with Crippen LogP contribution in [-0.2, 0) is 12.8 Å². The Hall–Kier alpha value is -0.740. The van der Waals surface area contributed by atoms with Crippen LogP contribution in [-0.4, -0.2) is 10.2 Å². The second-order valence-electron chi connectivity index (χ2n) is 3.44. The molecule has 0 spiro atoms. The molecule has 0 saturated carbocycles. The summed E-state index contributed by atoms with van der Waals surface area (Å²) in [5.41, 5.74) is 2.67. The zero-order valence-corrected chi connectivity index (χ0v) is 10.8. The largest absolute Gasteiger partial charge is 0.183 e. The van der Waals surface area contributed by atoms with E-state index in [0.717, 1.165) is 21.8 Å². The molecule has 0 fully saturated rings. The van der Waals surface area contributed by atoms with Crippen molar-refractivity contribution in [3.8, 4) is 0 Å². The van der Waals surface area contributed by atoms with Crippen molar-refractivity contribution in [3.63, 3.8) is 0 Å². The van der Waals surface area contributed by atoms with E-state index in [0.29, 0.717) is 0 Å². The molecule has 4 heteroatoms. The van der Waals surface area contributed by atoms with E-state index in [1.54, 1.807) is 11.3 Å². The first kappa shape index (κ1) is 10.8. The second-order valence-corrected chi connectivity index (χ2v) is 5.78. The molecule has 0 N–H and O–H groups in total. The van der Waals surface area contributed by atoms with Gasteiger partial charge in [0.05, 0.1) is 0 Å². The van der Waals surface area contributed by atoms with Crippen molar-refractivity contribution in [2.75, 3.05) is 0 Å². The van der Waals surface area contributed by atoms with Crippen molar-refractivity contribution in [1.29, 1.82) is 0 Å². The molecule has 1 aromatic heterocycles. The number of aromatic nitrogens is 2. The van der Waals surface area contributed by atoms with Gasteiger partial charge in [0, 0.05) is 6.42 Å². The third-order valence-electron chi connectivity index (χ3n) is 2.15. The summed E-state index contributed by atoms with van der Waals surface area (Å²) in [6.07, 6.45) is 2.00. The van der Waals surface area contributed by atoms with Crippen LogP contribution in [0.5, 0.6) is 0 Å². The quantitative estimate of drug-likeness (QED) is 0.862. The molecule has 2 nitrogen and oxygen atoms in total. The average Bonchev–Trinajstić information content (AvgIpc) is 2.62. The second kappa shape index (κ2) is 4.86. The Bertz CT molecular complexity index is 453. The molecule has 0 aliphatic carbocycles. The summed E-state index contributed by atoms with van der Waals surface area (Å²) in [5.74, 6) is 0. The lowest BCUT2D eigenvalue weighted by atomic mass is 10.1. The molecule has 1 heterocycles. The molecule has 0 radical (unpaired) electrons. The zero-order chi connectivity index (χ0) is 10.7. The van der Waals surface area contributed by atoms with Gasteiger partial charge in [-0.2, -0.15) is 0 Å². The third kappa shape index (κ3) is 3.11. The first-order valence-corrected chi connectivity index (χ1v) is 6.38. The van der Waals surface area contributed by atoms with Gasteiger partial charge in [0.2, 0.25) is 0 Å². The van der Waals surface area contributed by atoms with Crippen molar-refractivity contribution in [2.24, 2.45) is 0 Å². The fourth-order valence-electron chi connectivity index (χ4n) is 1.45. The molecule has 0 bridgehead atoms. The van der Waals surface area contributed by atoms with Crippen LogP contribution in [0.15, 0.2) is 28.2 Å². The monoisotopic (exact) mass is 282 g/mol. The van der Waals surface area contributed by atoms with Crippen molar-refractivity contribution >= 4 is 27.3 Å². The first-order valence-electron chi connectivity index (χ1n) is 4.77. The summed E-state index contributed by atoms with van der Waals surface area (Å²) in [5, 5.41) is 9.09. The maximum absolute atomic E-state index is 4.07. The van der Waals surface area contributed by atoms with Crippen molar-refractivity contribution in [2.45, 2.75) is 19.8 Å². The highest BCUT2D eigenvalue weighted by Gasteiger charge is 2.01. The minimum Gasteiger partial charge on any atom is -0.143 e. The predicted octanol–water partition coefficient (Wildman–Crippen LogP) is 3.39. The summed E-state index contributed by atoms with van der Waals surface area (Å²) in [7, 11) is 0. The molecular weight excluding hydrogens is 272 g/mol. The summed E-state index contributed by atoms with van der Waals surface area (Å²) in [6.45, 7) is 2.12. The number of aryl methyl sites for hydroxylation is 3. The molecule has 15 heavy (non-hydrogen) atoms. The summed E-state index contributed by atoms with van der Waals surface area (Å²) >= 11 is 4.92. The van der Waals surface area contributed by atoms with Gasteiger partial charge in [-0.3, -0.25) is 0 Å². The van der Waals surface area contributed by atoms with Gasteiger partial charge in [0.25, 0.3) is 0 Å². The molecule has 0 atom stereocenters. The molecule has 2 rings (SSSR count). The summed E-state index contributed by atoms with van der Waals surface area (Å²) in [4.78, 5) is 0. The SMILES string of the molecule is Cc1cccc(CCc2nnc(Br)s2)c1. The van der Waals surface area contributed by atoms with Crippen LogP contribution >= 0.6 is 27.3 Å². The molecule has 2 aromatic rings. The Balaban J connectivity index is 1.99. The Kier molecular flexibility index (Phi) is 3.49. The molecule has 1 aromatic carbocycles. The molecule has 0 aliphatic heterocycles. The van der Waals surface area contributed by atoms with Gasteiger partial charge in [0.15, 0.2) is 3.92 Å². The van der Waals surface area contributed by atoms with Crippen LogP contribution in [0.2, 0.25) is 0 Å². The maximum atomic E-state index is 4.07. The van der Waals surface area contributed by atoms with Crippen molar-refractivity contribution in [1.82, 2.24) is 10.2 Å². The predicted molar refractivity (Wildman–Crippen MR) is 66.2 cm³/mol. The number of hydrogen-bond acceptors (Lipinski definition) is 3.